The molecule has 2 rings (SSSR count). The second-order valence-corrected chi connectivity index (χ2v) is 6.18. The fraction of sp³-hybridized carbons (Fsp3) is 0.333. The van der Waals surface area contributed by atoms with Crippen molar-refractivity contribution in [2.24, 2.45) is 4.36 Å². The highest BCUT2D eigenvalue weighted by Crippen LogP contribution is 2.30. The molecule has 0 saturated carbocycles. The van der Waals surface area contributed by atoms with Crippen LogP contribution in [0.1, 0.15) is 26.0 Å². The maximum atomic E-state index is 13.1. The lowest BCUT2D eigenvalue weighted by molar-refractivity contribution is -0.141. The number of hydrogen-bond donors (Lipinski definition) is 4. The first-order valence-corrected chi connectivity index (χ1v) is 8.91. The number of rotatable bonds is 7. The molecule has 148 valence electrons. The van der Waals surface area contributed by atoms with E-state index in [0.29, 0.717) is 12.1 Å². The quantitative estimate of drug-likeness (QED) is 0.308. The first-order chi connectivity index (χ1) is 12.7. The minimum absolute atomic E-state index is 0.0756. The molecule has 0 saturated heterocycles. The van der Waals surface area contributed by atoms with Gasteiger partial charge in [-0.2, -0.15) is 18.2 Å². The summed E-state index contributed by atoms with van der Waals surface area (Å²) in [4.78, 5) is 7.53. The Morgan fingerprint density at radius 3 is 2.44 bits per heavy atom. The minimum Gasteiger partial charge on any atom is -0.454 e. The lowest BCUT2D eigenvalue weighted by Gasteiger charge is -2.16. The molecule has 0 radical (unpaired) electrons. The molecule has 0 unspecified atom stereocenters. The Labute approximate surface area is 155 Å². The van der Waals surface area contributed by atoms with Gasteiger partial charge in [0.1, 0.15) is 0 Å². The van der Waals surface area contributed by atoms with Crippen molar-refractivity contribution in [2.75, 3.05) is 16.2 Å². The average Bonchev–Trinajstić information content (AvgIpc) is 2.59. The van der Waals surface area contributed by atoms with E-state index in [1.165, 1.54) is 24.3 Å². The summed E-state index contributed by atoms with van der Waals surface area (Å²) < 4.78 is 61.9. The number of aromatic nitrogens is 2. The molecule has 0 fully saturated rings. The van der Waals surface area contributed by atoms with Crippen molar-refractivity contribution in [2.45, 2.75) is 32.5 Å². The van der Waals surface area contributed by atoms with Crippen LogP contribution in [0.25, 0.3) is 0 Å². The lowest BCUT2D eigenvalue weighted by Crippen LogP contribution is -2.20. The Hall–Kier alpha value is -2.60. The Morgan fingerprint density at radius 2 is 1.89 bits per heavy atom. The fourth-order valence-corrected chi connectivity index (χ4v) is 2.18. The first kappa shape index (κ1) is 20.7. The average molecular weight is 403 g/mol. The van der Waals surface area contributed by atoms with Crippen molar-refractivity contribution < 1.29 is 21.9 Å². The van der Waals surface area contributed by atoms with Crippen molar-refractivity contribution in [3.8, 4) is 0 Å². The molecule has 1 heterocycles. The van der Waals surface area contributed by atoms with E-state index in [-0.39, 0.29) is 23.5 Å². The Balaban J connectivity index is 2.18. The van der Waals surface area contributed by atoms with Crippen LogP contribution in [-0.2, 0) is 21.3 Å². The summed E-state index contributed by atoms with van der Waals surface area (Å²) in [5, 5.41) is 2.81. The van der Waals surface area contributed by atoms with Gasteiger partial charge in [0.15, 0.2) is 11.5 Å². The van der Waals surface area contributed by atoms with E-state index in [9.17, 15) is 17.4 Å². The van der Waals surface area contributed by atoms with Gasteiger partial charge in [-0.25, -0.2) is 4.98 Å². The van der Waals surface area contributed by atoms with Gasteiger partial charge in [0, 0.05) is 17.8 Å². The summed E-state index contributed by atoms with van der Waals surface area (Å²) in [6.07, 6.45) is -3.93. The second-order valence-electron chi connectivity index (χ2n) is 5.53. The van der Waals surface area contributed by atoms with E-state index in [1.54, 1.807) is 6.92 Å². The number of benzene rings is 1. The summed E-state index contributed by atoms with van der Waals surface area (Å²) in [5.74, 6) is -0.212. The molecule has 0 bridgehead atoms. The third kappa shape index (κ3) is 6.57. The molecule has 0 amide bonds. The van der Waals surface area contributed by atoms with Gasteiger partial charge in [0.25, 0.3) is 0 Å². The molecule has 1 aromatic heterocycles. The summed E-state index contributed by atoms with van der Waals surface area (Å²) in [5.41, 5.74) is 4.97. The lowest BCUT2D eigenvalue weighted by atomic mass is 10.3. The van der Waals surface area contributed by atoms with E-state index in [1.807, 2.05) is 6.92 Å². The van der Waals surface area contributed by atoms with E-state index < -0.39 is 22.7 Å². The van der Waals surface area contributed by atoms with Crippen LogP contribution >= 0.6 is 0 Å². The maximum Gasteiger partial charge on any atom is 0.433 e. The number of alkyl halides is 3. The Morgan fingerprint density at radius 1 is 1.22 bits per heavy atom. The largest absolute Gasteiger partial charge is 0.454 e. The van der Waals surface area contributed by atoms with Gasteiger partial charge in [-0.15, -0.1) is 0 Å². The minimum atomic E-state index is -4.62. The van der Waals surface area contributed by atoms with E-state index in [0.717, 1.165) is 6.07 Å². The highest BCUT2D eigenvalue weighted by molar-refractivity contribution is 7.68. The summed E-state index contributed by atoms with van der Waals surface area (Å²) in [7, 11) is -2.32. The molecule has 2 aromatic rings. The zero-order valence-electron chi connectivity index (χ0n) is 14.4. The number of anilines is 3. The highest BCUT2D eigenvalue weighted by Gasteiger charge is 2.33. The molecule has 1 aromatic carbocycles. The standard InChI is InChI=1S/C15H18F3N6O2S/c1-3-9(2)19-14-20-12(15(16,17)18)8-13(21-14)23-22-10-4-6-11(7-5-10)24-27(25)26/h4-9,22H,3H2,1-2H3,(H,24,25,26)(H2,19,20,21,23)/q-1/t9-/m0/s1. The predicted octanol–water partition coefficient (Wildman–Crippen LogP) is 4.40. The van der Waals surface area contributed by atoms with Gasteiger partial charge in [0.05, 0.1) is 5.69 Å². The fourth-order valence-electron chi connectivity index (χ4n) is 1.88. The zero-order chi connectivity index (χ0) is 20.0. The molecule has 0 spiro atoms. The van der Waals surface area contributed by atoms with Crippen molar-refractivity contribution in [3.05, 3.63) is 36.0 Å². The van der Waals surface area contributed by atoms with Gasteiger partial charge >= 0.3 is 6.18 Å². The van der Waals surface area contributed by atoms with Crippen molar-refractivity contribution in [1.82, 2.24) is 9.97 Å². The van der Waals surface area contributed by atoms with Gasteiger partial charge in [0.2, 0.25) is 5.95 Å². The summed E-state index contributed by atoms with van der Waals surface area (Å²) in [6.45, 7) is 3.69. The summed E-state index contributed by atoms with van der Waals surface area (Å²) in [6, 6.07) is 6.69. The highest BCUT2D eigenvalue weighted by atomic mass is 32.2. The van der Waals surface area contributed by atoms with Crippen LogP contribution in [0.4, 0.5) is 36.3 Å². The molecule has 1 atom stereocenters. The molecule has 0 aliphatic heterocycles. The van der Waals surface area contributed by atoms with Gasteiger partial charge in [-0.1, -0.05) is 17.8 Å². The van der Waals surface area contributed by atoms with Crippen LogP contribution < -0.4 is 16.2 Å². The van der Waals surface area contributed by atoms with Crippen LogP contribution in [0.15, 0.2) is 34.7 Å². The summed E-state index contributed by atoms with van der Waals surface area (Å²) >= 11 is 0. The number of nitrogens with zero attached hydrogens (tertiary/aromatic N) is 3. The molecule has 27 heavy (non-hydrogen) atoms. The van der Waals surface area contributed by atoms with Crippen molar-refractivity contribution in [3.63, 3.8) is 0 Å². The molecular weight excluding hydrogens is 385 g/mol. The molecule has 4 N–H and O–H groups in total. The Bertz CT molecular complexity index is 854. The van der Waals surface area contributed by atoms with Crippen molar-refractivity contribution >= 4 is 34.0 Å². The van der Waals surface area contributed by atoms with Crippen molar-refractivity contribution in [1.29, 1.82) is 0 Å². The van der Waals surface area contributed by atoms with Crippen LogP contribution in [0.3, 0.4) is 0 Å². The first-order valence-electron chi connectivity index (χ1n) is 7.85. The normalized spacial score (nSPS) is 13.9. The molecule has 0 aliphatic rings. The van der Waals surface area contributed by atoms with Gasteiger partial charge < -0.3 is 18.4 Å². The number of nitrogens with one attached hydrogen (secondary N) is 3. The zero-order valence-corrected chi connectivity index (χ0v) is 15.2. The number of hydrazine groups is 1. The van der Waals surface area contributed by atoms with Crippen LogP contribution in [0.5, 0.6) is 0 Å². The topological polar surface area (TPSA) is 112 Å². The molecule has 8 nitrogen and oxygen atoms in total. The molecular formula is C15H18F3N6O2S-. The monoisotopic (exact) mass is 403 g/mol. The SMILES string of the molecule is CC[C@H](C)Nc1nc(NNc2ccc(N=[S-](=O)O)cc2)cc(C(F)(F)F)n1. The Kier molecular flexibility index (Phi) is 6.80. The van der Waals surface area contributed by atoms with Crippen LogP contribution in [0, 0.1) is 0 Å². The van der Waals surface area contributed by atoms with E-state index in [4.69, 9.17) is 4.55 Å². The maximum absolute atomic E-state index is 13.1. The third-order valence-electron chi connectivity index (χ3n) is 3.39. The second kappa shape index (κ2) is 8.86. The smallest absolute Gasteiger partial charge is 0.433 e. The van der Waals surface area contributed by atoms with Gasteiger partial charge in [-0.05, 0) is 37.6 Å². The van der Waals surface area contributed by atoms with E-state index in [2.05, 4.69) is 30.5 Å². The predicted molar refractivity (Wildman–Crippen MR) is 96.9 cm³/mol. The third-order valence-corrected chi connectivity index (χ3v) is 3.76. The van der Waals surface area contributed by atoms with Crippen LogP contribution in [-0.4, -0.2) is 20.6 Å². The van der Waals surface area contributed by atoms with E-state index >= 15 is 0 Å². The number of hydrogen-bond acceptors (Lipinski definition) is 8. The van der Waals surface area contributed by atoms with Crippen LogP contribution in [0.2, 0.25) is 0 Å². The molecule has 12 heteroatoms. The van der Waals surface area contributed by atoms with Gasteiger partial charge in [-0.3, -0.25) is 10.9 Å². The number of halogens is 3. The molecule has 0 aliphatic carbocycles.